The van der Waals surface area contributed by atoms with Crippen molar-refractivity contribution in [2.45, 2.75) is 13.2 Å². The van der Waals surface area contributed by atoms with Gasteiger partial charge in [0.1, 0.15) is 12.3 Å². The highest BCUT2D eigenvalue weighted by atomic mass is 35.5. The Morgan fingerprint density at radius 2 is 2.00 bits per heavy atom. The number of anilines is 1. The van der Waals surface area contributed by atoms with Crippen LogP contribution in [0.4, 0.5) is 5.69 Å². The van der Waals surface area contributed by atoms with Gasteiger partial charge in [0.15, 0.2) is 0 Å². The van der Waals surface area contributed by atoms with Crippen LogP contribution in [-0.2, 0) is 22.7 Å². The van der Waals surface area contributed by atoms with E-state index < -0.39 is 0 Å². The molecule has 1 aliphatic rings. The third-order valence-electron chi connectivity index (χ3n) is 4.60. The topological polar surface area (TPSA) is 110 Å². The first kappa shape index (κ1) is 20.5. The average Bonchev–Trinajstić information content (AvgIpc) is 3.38. The Bertz CT molecular complexity index is 1070. The van der Waals surface area contributed by atoms with Gasteiger partial charge in [-0.15, -0.1) is 16.4 Å². The molecular formula is C19H18ClN5O4S. The van der Waals surface area contributed by atoms with E-state index in [0.29, 0.717) is 39.4 Å². The SMILES string of the molecule is O=C(NCc1nnn(-c2ccc(N3CCOCC3=O)cc2)c1CO)c1ccc(Cl)s1. The summed E-state index contributed by atoms with van der Waals surface area (Å²) in [5.74, 6) is -0.360. The monoisotopic (exact) mass is 447 g/mol. The summed E-state index contributed by atoms with van der Waals surface area (Å²) in [7, 11) is 0. The molecule has 3 heterocycles. The Morgan fingerprint density at radius 3 is 2.67 bits per heavy atom. The second kappa shape index (κ2) is 8.92. The lowest BCUT2D eigenvalue weighted by Gasteiger charge is -2.26. The van der Waals surface area contributed by atoms with Crippen molar-refractivity contribution >= 4 is 40.4 Å². The van der Waals surface area contributed by atoms with Crippen molar-refractivity contribution in [2.75, 3.05) is 24.7 Å². The third-order valence-corrected chi connectivity index (χ3v) is 5.83. The van der Waals surface area contributed by atoms with Gasteiger partial charge in [-0.2, -0.15) is 0 Å². The smallest absolute Gasteiger partial charge is 0.261 e. The molecule has 0 atom stereocenters. The van der Waals surface area contributed by atoms with Gasteiger partial charge in [-0.25, -0.2) is 4.68 Å². The lowest BCUT2D eigenvalue weighted by molar-refractivity contribution is -0.125. The molecule has 4 rings (SSSR count). The number of ether oxygens (including phenoxy) is 1. The zero-order valence-electron chi connectivity index (χ0n) is 15.7. The Labute approximate surface area is 180 Å². The van der Waals surface area contributed by atoms with Crippen LogP contribution in [0.25, 0.3) is 5.69 Å². The van der Waals surface area contributed by atoms with E-state index in [4.69, 9.17) is 16.3 Å². The predicted octanol–water partition coefficient (Wildman–Crippen LogP) is 1.77. The second-order valence-electron chi connectivity index (χ2n) is 6.45. The zero-order valence-corrected chi connectivity index (χ0v) is 17.3. The molecule has 30 heavy (non-hydrogen) atoms. The molecule has 0 spiro atoms. The molecule has 2 aromatic heterocycles. The van der Waals surface area contributed by atoms with Gasteiger partial charge in [0.2, 0.25) is 0 Å². The molecule has 1 aromatic carbocycles. The summed E-state index contributed by atoms with van der Waals surface area (Å²) in [6.45, 7) is 0.893. The fourth-order valence-electron chi connectivity index (χ4n) is 3.09. The fraction of sp³-hybridized carbons (Fsp3) is 0.263. The minimum Gasteiger partial charge on any atom is -0.390 e. The Kier molecular flexibility index (Phi) is 6.09. The third kappa shape index (κ3) is 4.21. The highest BCUT2D eigenvalue weighted by Crippen LogP contribution is 2.22. The van der Waals surface area contributed by atoms with E-state index in [1.165, 1.54) is 16.0 Å². The second-order valence-corrected chi connectivity index (χ2v) is 8.17. The number of carbonyl (C=O) groups excluding carboxylic acids is 2. The first-order chi connectivity index (χ1) is 14.6. The van der Waals surface area contributed by atoms with E-state index in [1.807, 2.05) is 12.1 Å². The van der Waals surface area contributed by atoms with Crippen LogP contribution in [0.2, 0.25) is 4.34 Å². The molecule has 11 heteroatoms. The van der Waals surface area contributed by atoms with Crippen LogP contribution >= 0.6 is 22.9 Å². The average molecular weight is 448 g/mol. The van der Waals surface area contributed by atoms with Gasteiger partial charge in [-0.05, 0) is 36.4 Å². The summed E-state index contributed by atoms with van der Waals surface area (Å²) >= 11 is 7.04. The van der Waals surface area contributed by atoms with E-state index in [0.717, 1.165) is 5.69 Å². The molecule has 0 radical (unpaired) electrons. The predicted molar refractivity (Wildman–Crippen MR) is 111 cm³/mol. The lowest BCUT2D eigenvalue weighted by atomic mass is 10.2. The maximum Gasteiger partial charge on any atom is 0.261 e. The van der Waals surface area contributed by atoms with Gasteiger partial charge in [-0.3, -0.25) is 9.59 Å². The van der Waals surface area contributed by atoms with E-state index in [9.17, 15) is 14.7 Å². The fourth-order valence-corrected chi connectivity index (χ4v) is 4.05. The summed E-state index contributed by atoms with van der Waals surface area (Å²) in [5, 5.41) is 20.8. The number of nitrogens with one attached hydrogen (secondary N) is 1. The van der Waals surface area contributed by atoms with Crippen molar-refractivity contribution in [3.63, 3.8) is 0 Å². The van der Waals surface area contributed by atoms with E-state index in [2.05, 4.69) is 15.6 Å². The number of thiophene rings is 1. The number of amides is 2. The molecule has 156 valence electrons. The van der Waals surface area contributed by atoms with Crippen LogP contribution in [0.5, 0.6) is 0 Å². The molecular weight excluding hydrogens is 430 g/mol. The van der Waals surface area contributed by atoms with Gasteiger partial charge in [-0.1, -0.05) is 16.8 Å². The summed E-state index contributed by atoms with van der Waals surface area (Å²) in [4.78, 5) is 26.3. The normalized spacial score (nSPS) is 14.2. The van der Waals surface area contributed by atoms with Crippen LogP contribution in [0.15, 0.2) is 36.4 Å². The standard InChI is InChI=1S/C19H18ClN5O4S/c20-17-6-5-16(30-17)19(28)21-9-14-15(10-26)25(23-22-14)13-3-1-12(2-4-13)24-7-8-29-11-18(24)27/h1-6,26H,7-11H2,(H,21,28). The molecule has 0 bridgehead atoms. The van der Waals surface area contributed by atoms with Gasteiger partial charge in [0, 0.05) is 12.2 Å². The van der Waals surface area contributed by atoms with E-state index in [-0.39, 0.29) is 31.6 Å². The van der Waals surface area contributed by atoms with Crippen molar-refractivity contribution in [1.29, 1.82) is 0 Å². The lowest BCUT2D eigenvalue weighted by Crippen LogP contribution is -2.41. The maximum atomic E-state index is 12.2. The van der Waals surface area contributed by atoms with Crippen molar-refractivity contribution < 1.29 is 19.4 Å². The summed E-state index contributed by atoms with van der Waals surface area (Å²) in [6, 6.07) is 10.5. The van der Waals surface area contributed by atoms with Crippen LogP contribution in [0.1, 0.15) is 21.1 Å². The number of halogens is 1. The first-order valence-electron chi connectivity index (χ1n) is 9.13. The number of aliphatic hydroxyl groups excluding tert-OH is 1. The van der Waals surface area contributed by atoms with Crippen molar-refractivity contribution in [1.82, 2.24) is 20.3 Å². The molecule has 1 aliphatic heterocycles. The number of rotatable bonds is 6. The molecule has 0 aliphatic carbocycles. The molecule has 0 unspecified atom stereocenters. The van der Waals surface area contributed by atoms with E-state index >= 15 is 0 Å². The number of aliphatic hydroxyl groups is 1. The van der Waals surface area contributed by atoms with Gasteiger partial charge in [0.25, 0.3) is 11.8 Å². The summed E-state index contributed by atoms with van der Waals surface area (Å²) in [5.41, 5.74) is 2.37. The minimum absolute atomic E-state index is 0.0756. The molecule has 1 saturated heterocycles. The highest BCUT2D eigenvalue weighted by molar-refractivity contribution is 7.17. The Hall–Kier alpha value is -2.79. The molecule has 2 N–H and O–H groups in total. The van der Waals surface area contributed by atoms with Gasteiger partial charge in [0.05, 0.1) is 40.4 Å². The summed E-state index contributed by atoms with van der Waals surface area (Å²) in [6.07, 6.45) is 0. The zero-order chi connectivity index (χ0) is 21.1. The minimum atomic E-state index is -0.299. The number of benzene rings is 1. The largest absolute Gasteiger partial charge is 0.390 e. The van der Waals surface area contributed by atoms with E-state index in [1.54, 1.807) is 29.2 Å². The highest BCUT2D eigenvalue weighted by Gasteiger charge is 2.21. The number of carbonyl (C=O) groups is 2. The van der Waals surface area contributed by atoms with Crippen LogP contribution < -0.4 is 10.2 Å². The van der Waals surface area contributed by atoms with Crippen molar-refractivity contribution in [3.05, 3.63) is 57.0 Å². The molecule has 0 saturated carbocycles. The molecule has 3 aromatic rings. The quantitative estimate of drug-likeness (QED) is 0.596. The number of hydrogen-bond acceptors (Lipinski definition) is 7. The Morgan fingerprint density at radius 1 is 1.23 bits per heavy atom. The first-order valence-corrected chi connectivity index (χ1v) is 10.3. The van der Waals surface area contributed by atoms with Crippen molar-refractivity contribution in [2.24, 2.45) is 0 Å². The number of nitrogens with zero attached hydrogens (tertiary/aromatic N) is 4. The van der Waals surface area contributed by atoms with Crippen LogP contribution in [-0.4, -0.2) is 51.7 Å². The van der Waals surface area contributed by atoms with Gasteiger partial charge >= 0.3 is 0 Å². The molecule has 9 nitrogen and oxygen atoms in total. The maximum absolute atomic E-state index is 12.2. The number of morpholine rings is 1. The van der Waals surface area contributed by atoms with Crippen LogP contribution in [0, 0.1) is 0 Å². The number of aromatic nitrogens is 3. The molecule has 1 fully saturated rings. The van der Waals surface area contributed by atoms with Crippen LogP contribution in [0.3, 0.4) is 0 Å². The van der Waals surface area contributed by atoms with Crippen molar-refractivity contribution in [3.8, 4) is 5.69 Å². The molecule has 2 amide bonds. The Balaban J connectivity index is 1.49. The number of hydrogen-bond donors (Lipinski definition) is 2. The summed E-state index contributed by atoms with van der Waals surface area (Å²) < 4.78 is 7.19. The van der Waals surface area contributed by atoms with Gasteiger partial charge < -0.3 is 20.1 Å².